The van der Waals surface area contributed by atoms with Gasteiger partial charge in [-0.15, -0.1) is 0 Å². The first kappa shape index (κ1) is 17.0. The molecule has 0 spiro atoms. The molecule has 5 nitrogen and oxygen atoms in total. The third-order valence-electron chi connectivity index (χ3n) is 5.29. The van der Waals surface area contributed by atoms with Crippen LogP contribution in [0.1, 0.15) is 23.3 Å². The number of ether oxygens (including phenoxy) is 1. The summed E-state index contributed by atoms with van der Waals surface area (Å²) in [5.41, 5.74) is 4.18. The molecule has 1 fully saturated rings. The highest BCUT2D eigenvalue weighted by atomic mass is 16.5. The number of hydrogen-bond acceptors (Lipinski definition) is 3. The minimum atomic E-state index is -0.167. The molecule has 4 aromatic rings. The lowest BCUT2D eigenvalue weighted by atomic mass is 10.1. The summed E-state index contributed by atoms with van der Waals surface area (Å²) >= 11 is 0. The van der Waals surface area contributed by atoms with Gasteiger partial charge in [-0.3, -0.25) is 4.79 Å². The van der Waals surface area contributed by atoms with Crippen LogP contribution in [0.2, 0.25) is 0 Å². The normalized spacial score (nSPS) is 16.6. The number of benzene rings is 2. The van der Waals surface area contributed by atoms with E-state index in [2.05, 4.69) is 16.4 Å². The molecule has 1 atom stereocenters. The predicted octanol–water partition coefficient (Wildman–Crippen LogP) is 4.29. The quantitative estimate of drug-likeness (QED) is 0.562. The van der Waals surface area contributed by atoms with E-state index in [4.69, 9.17) is 9.72 Å². The molecular weight excluding hydrogens is 350 g/mol. The zero-order valence-corrected chi connectivity index (χ0v) is 15.4. The lowest BCUT2D eigenvalue weighted by molar-refractivity contribution is 0.0854. The van der Waals surface area contributed by atoms with Gasteiger partial charge >= 0.3 is 0 Å². The Labute approximate surface area is 162 Å². The van der Waals surface area contributed by atoms with Crippen LogP contribution in [0.4, 0.5) is 0 Å². The van der Waals surface area contributed by atoms with Crippen LogP contribution in [-0.2, 0) is 4.74 Å². The molecule has 2 aromatic carbocycles. The van der Waals surface area contributed by atoms with E-state index in [1.165, 1.54) is 0 Å². The topological polar surface area (TPSA) is 67.0 Å². The number of para-hydroxylation sites is 1. The van der Waals surface area contributed by atoms with Crippen molar-refractivity contribution in [2.24, 2.45) is 0 Å². The van der Waals surface area contributed by atoms with Gasteiger partial charge in [-0.2, -0.15) is 0 Å². The summed E-state index contributed by atoms with van der Waals surface area (Å²) < 4.78 is 5.61. The molecule has 2 aromatic heterocycles. The number of H-pyrrole nitrogens is 1. The van der Waals surface area contributed by atoms with Crippen LogP contribution in [0.5, 0.6) is 0 Å². The maximum absolute atomic E-state index is 12.8. The zero-order valence-electron chi connectivity index (χ0n) is 15.4. The number of fused-ring (bicyclic) bond motifs is 3. The van der Waals surface area contributed by atoms with E-state index in [1.54, 1.807) is 0 Å². The van der Waals surface area contributed by atoms with Crippen LogP contribution in [0, 0.1) is 0 Å². The Morgan fingerprint density at radius 1 is 1.11 bits per heavy atom. The van der Waals surface area contributed by atoms with E-state index in [0.29, 0.717) is 12.2 Å². The Balaban J connectivity index is 1.61. The van der Waals surface area contributed by atoms with Crippen LogP contribution < -0.4 is 5.32 Å². The van der Waals surface area contributed by atoms with Gasteiger partial charge in [0, 0.05) is 35.0 Å². The molecule has 1 saturated heterocycles. The van der Waals surface area contributed by atoms with Gasteiger partial charge in [0.2, 0.25) is 0 Å². The Hall–Kier alpha value is -3.18. The Morgan fingerprint density at radius 3 is 2.75 bits per heavy atom. The van der Waals surface area contributed by atoms with Crippen molar-refractivity contribution in [1.82, 2.24) is 15.3 Å². The molecule has 140 valence electrons. The first-order valence-corrected chi connectivity index (χ1v) is 9.66. The second-order valence-electron chi connectivity index (χ2n) is 7.16. The summed E-state index contributed by atoms with van der Waals surface area (Å²) in [6.45, 7) is 1.30. The van der Waals surface area contributed by atoms with E-state index in [1.807, 2.05) is 54.6 Å². The largest absolute Gasteiger partial charge is 0.376 e. The molecule has 1 amide bonds. The van der Waals surface area contributed by atoms with E-state index < -0.39 is 0 Å². The third kappa shape index (κ3) is 3.04. The summed E-state index contributed by atoms with van der Waals surface area (Å²) in [6, 6.07) is 20.0. The van der Waals surface area contributed by atoms with E-state index in [-0.39, 0.29) is 12.0 Å². The minimum absolute atomic E-state index is 0.106. The first-order valence-electron chi connectivity index (χ1n) is 9.66. The fraction of sp³-hybridized carbons (Fsp3) is 0.217. The fourth-order valence-electron chi connectivity index (χ4n) is 3.87. The molecule has 0 bridgehead atoms. The molecule has 0 radical (unpaired) electrons. The summed E-state index contributed by atoms with van der Waals surface area (Å²) in [7, 11) is 0. The summed E-state index contributed by atoms with van der Waals surface area (Å²) in [4.78, 5) is 21.0. The van der Waals surface area contributed by atoms with Gasteiger partial charge < -0.3 is 15.0 Å². The van der Waals surface area contributed by atoms with Crippen LogP contribution >= 0.6 is 0 Å². The maximum atomic E-state index is 12.8. The van der Waals surface area contributed by atoms with Crippen molar-refractivity contribution in [2.45, 2.75) is 18.9 Å². The number of carbonyl (C=O) groups excluding carboxylic acids is 1. The second kappa shape index (κ2) is 7.09. The molecular formula is C23H21N3O2. The zero-order chi connectivity index (χ0) is 18.9. The molecule has 1 aliphatic rings. The fourth-order valence-corrected chi connectivity index (χ4v) is 3.87. The number of pyridine rings is 1. The molecule has 2 N–H and O–H groups in total. The molecule has 0 saturated carbocycles. The number of aromatic amines is 1. The van der Waals surface area contributed by atoms with Gasteiger partial charge in [-0.1, -0.05) is 48.5 Å². The number of aromatic nitrogens is 2. The highest BCUT2D eigenvalue weighted by molar-refractivity contribution is 6.13. The summed E-state index contributed by atoms with van der Waals surface area (Å²) in [6.07, 6.45) is 2.15. The van der Waals surface area contributed by atoms with Crippen molar-refractivity contribution in [3.8, 4) is 11.3 Å². The maximum Gasteiger partial charge on any atom is 0.270 e. The Kier molecular flexibility index (Phi) is 4.29. The lowest BCUT2D eigenvalue weighted by Crippen LogP contribution is -2.32. The molecule has 0 aliphatic carbocycles. The average Bonchev–Trinajstić information content (AvgIpc) is 3.39. The van der Waals surface area contributed by atoms with Crippen molar-refractivity contribution >= 4 is 27.7 Å². The van der Waals surface area contributed by atoms with Gasteiger partial charge in [-0.25, -0.2) is 4.98 Å². The van der Waals surface area contributed by atoms with Crippen molar-refractivity contribution in [1.29, 1.82) is 0 Å². The SMILES string of the molecule is O=C(NC[C@@H]1CCCO1)c1cc2c([nH]c3ccccc32)c(-c2ccccc2)n1. The lowest BCUT2D eigenvalue weighted by Gasteiger charge is -2.11. The van der Waals surface area contributed by atoms with E-state index in [9.17, 15) is 4.79 Å². The van der Waals surface area contributed by atoms with Gasteiger partial charge in [0.1, 0.15) is 5.69 Å². The monoisotopic (exact) mass is 371 g/mol. The molecule has 28 heavy (non-hydrogen) atoms. The van der Waals surface area contributed by atoms with Crippen LogP contribution in [-0.4, -0.2) is 35.1 Å². The van der Waals surface area contributed by atoms with Gasteiger partial charge in [0.05, 0.1) is 17.3 Å². The van der Waals surface area contributed by atoms with E-state index >= 15 is 0 Å². The molecule has 3 heterocycles. The Morgan fingerprint density at radius 2 is 1.93 bits per heavy atom. The first-order chi connectivity index (χ1) is 13.8. The highest BCUT2D eigenvalue weighted by Crippen LogP contribution is 2.32. The van der Waals surface area contributed by atoms with Crippen molar-refractivity contribution in [3.63, 3.8) is 0 Å². The standard InChI is InChI=1S/C23H21N3O2/c27-23(24-14-16-9-6-12-28-16)20-13-18-17-10-4-5-11-19(17)25-22(18)21(26-20)15-7-2-1-3-8-15/h1-5,7-8,10-11,13,16,25H,6,9,12,14H2,(H,24,27)/t16-/m0/s1. The second-order valence-corrected chi connectivity index (χ2v) is 7.16. The smallest absolute Gasteiger partial charge is 0.270 e. The average molecular weight is 371 g/mol. The van der Waals surface area contributed by atoms with E-state index in [0.717, 1.165) is 52.5 Å². The molecule has 5 rings (SSSR count). The number of carbonyl (C=O) groups is 1. The Bertz CT molecular complexity index is 1140. The minimum Gasteiger partial charge on any atom is -0.376 e. The molecule has 0 unspecified atom stereocenters. The summed E-state index contributed by atoms with van der Waals surface area (Å²) in [5, 5.41) is 5.08. The molecule has 1 aliphatic heterocycles. The number of nitrogens with one attached hydrogen (secondary N) is 2. The number of rotatable bonds is 4. The van der Waals surface area contributed by atoms with Gasteiger partial charge in [0.25, 0.3) is 5.91 Å². The van der Waals surface area contributed by atoms with Gasteiger partial charge in [-0.05, 0) is 25.0 Å². The van der Waals surface area contributed by atoms with Crippen molar-refractivity contribution in [3.05, 3.63) is 66.4 Å². The third-order valence-corrected chi connectivity index (χ3v) is 5.29. The van der Waals surface area contributed by atoms with Crippen LogP contribution in [0.25, 0.3) is 33.1 Å². The van der Waals surface area contributed by atoms with Gasteiger partial charge in [0.15, 0.2) is 0 Å². The highest BCUT2D eigenvalue weighted by Gasteiger charge is 2.19. The van der Waals surface area contributed by atoms with Crippen LogP contribution in [0.15, 0.2) is 60.7 Å². The number of hydrogen-bond donors (Lipinski definition) is 2. The number of amides is 1. The van der Waals surface area contributed by atoms with Crippen LogP contribution in [0.3, 0.4) is 0 Å². The van der Waals surface area contributed by atoms with Crippen molar-refractivity contribution < 1.29 is 9.53 Å². The summed E-state index contributed by atoms with van der Waals surface area (Å²) in [5.74, 6) is -0.167. The molecule has 5 heteroatoms. The number of nitrogens with zero attached hydrogens (tertiary/aromatic N) is 1. The van der Waals surface area contributed by atoms with Crippen molar-refractivity contribution in [2.75, 3.05) is 13.2 Å². The predicted molar refractivity (Wildman–Crippen MR) is 110 cm³/mol.